The fraction of sp³-hybridized carbons (Fsp3) is 0.118. The molecule has 1 aliphatic rings. The third-order valence-corrected chi connectivity index (χ3v) is 4.90. The summed E-state index contributed by atoms with van der Waals surface area (Å²) in [4.78, 5) is 17.0. The van der Waals surface area contributed by atoms with Gasteiger partial charge in [-0.15, -0.1) is 0 Å². The number of thioether (sulfide) groups is 1. The summed E-state index contributed by atoms with van der Waals surface area (Å²) < 4.78 is 0.595. The van der Waals surface area contributed by atoms with E-state index in [-0.39, 0.29) is 6.04 Å². The van der Waals surface area contributed by atoms with Gasteiger partial charge in [0, 0.05) is 12.7 Å². The van der Waals surface area contributed by atoms with Crippen molar-refractivity contribution in [3.63, 3.8) is 0 Å². The topological polar surface area (TPSA) is 66.0 Å². The van der Waals surface area contributed by atoms with Gasteiger partial charge < -0.3 is 0 Å². The van der Waals surface area contributed by atoms with Gasteiger partial charge in [0.05, 0.1) is 0 Å². The number of nitrogens with zero attached hydrogens (tertiary/aromatic N) is 2. The van der Waals surface area contributed by atoms with E-state index in [4.69, 9.17) is 17.1 Å². The lowest BCUT2D eigenvalue weighted by molar-refractivity contribution is 0.166. The van der Waals surface area contributed by atoms with E-state index in [0.717, 1.165) is 5.56 Å². The van der Waals surface area contributed by atoms with Crippen LogP contribution in [-0.4, -0.2) is 27.5 Å². The first-order valence-corrected chi connectivity index (χ1v) is 8.73. The summed E-state index contributed by atoms with van der Waals surface area (Å²) >= 11 is 6.57. The van der Waals surface area contributed by atoms with Gasteiger partial charge in [0.1, 0.15) is 11.1 Å². The van der Waals surface area contributed by atoms with Crippen LogP contribution in [0, 0.1) is 0 Å². The number of nitrogens with one attached hydrogen (secondary N) is 2. The van der Waals surface area contributed by atoms with Gasteiger partial charge in [-0.05, 0) is 29.5 Å². The number of hydrogen-bond donors (Lipinski definition) is 2. The highest BCUT2D eigenvalue weighted by atomic mass is 32.2. The van der Waals surface area contributed by atoms with Crippen molar-refractivity contribution < 1.29 is 9.63 Å². The molecule has 3 rings (SSSR count). The molecular formula is C17H16N4O2S2. The minimum absolute atomic E-state index is 0.243. The first-order chi connectivity index (χ1) is 12.1. The van der Waals surface area contributed by atoms with E-state index in [1.54, 1.807) is 17.1 Å². The van der Waals surface area contributed by atoms with Crippen LogP contribution in [-0.2, 0) is 4.84 Å². The highest BCUT2D eigenvalue weighted by molar-refractivity contribution is 8.33. The fourth-order valence-corrected chi connectivity index (χ4v) is 3.26. The van der Waals surface area contributed by atoms with Crippen LogP contribution in [0.25, 0.3) is 0 Å². The summed E-state index contributed by atoms with van der Waals surface area (Å²) in [6.45, 7) is 0. The molecule has 0 saturated carbocycles. The van der Waals surface area contributed by atoms with Gasteiger partial charge >= 0.3 is 6.09 Å². The molecule has 1 heterocycles. The highest BCUT2D eigenvalue weighted by Gasteiger charge is 2.29. The molecule has 2 aromatic carbocycles. The van der Waals surface area contributed by atoms with Crippen molar-refractivity contribution in [2.24, 2.45) is 5.16 Å². The van der Waals surface area contributed by atoms with Crippen LogP contribution in [0.3, 0.4) is 0 Å². The molecule has 2 aromatic rings. The third kappa shape index (κ3) is 4.56. The Balaban J connectivity index is 1.73. The van der Waals surface area contributed by atoms with Crippen molar-refractivity contribution in [1.29, 1.82) is 0 Å². The first-order valence-electron chi connectivity index (χ1n) is 7.51. The van der Waals surface area contributed by atoms with E-state index in [0.29, 0.717) is 15.1 Å². The number of para-hydroxylation sites is 1. The second-order valence-corrected chi connectivity index (χ2v) is 6.85. The van der Waals surface area contributed by atoms with Crippen LogP contribution in [0.15, 0.2) is 65.8 Å². The van der Waals surface area contributed by atoms with Gasteiger partial charge in [-0.3, -0.25) is 15.2 Å². The summed E-state index contributed by atoms with van der Waals surface area (Å²) in [7, 11) is 1.84. The smallest absolute Gasteiger partial charge is 0.297 e. The summed E-state index contributed by atoms with van der Waals surface area (Å²) in [5, 5.41) is 8.95. The van der Waals surface area contributed by atoms with Crippen molar-refractivity contribution >= 4 is 45.1 Å². The van der Waals surface area contributed by atoms with Crippen LogP contribution >= 0.6 is 24.0 Å². The van der Waals surface area contributed by atoms with E-state index in [2.05, 4.69) is 15.9 Å². The first kappa shape index (κ1) is 17.4. The van der Waals surface area contributed by atoms with Crippen LogP contribution in [0.5, 0.6) is 0 Å². The maximum atomic E-state index is 11.9. The maximum absolute atomic E-state index is 11.9. The Morgan fingerprint density at radius 2 is 1.84 bits per heavy atom. The Hall–Kier alpha value is -2.42. The molecule has 1 aliphatic heterocycles. The van der Waals surface area contributed by atoms with Crippen molar-refractivity contribution in [3.05, 3.63) is 66.2 Å². The average Bonchev–Trinajstić information content (AvgIpc) is 2.64. The van der Waals surface area contributed by atoms with Crippen molar-refractivity contribution in [2.75, 3.05) is 12.4 Å². The lowest BCUT2D eigenvalue weighted by atomic mass is 10.1. The van der Waals surface area contributed by atoms with E-state index in [1.807, 2.05) is 55.6 Å². The van der Waals surface area contributed by atoms with Gasteiger partial charge in [0.25, 0.3) is 0 Å². The van der Waals surface area contributed by atoms with Crippen molar-refractivity contribution in [3.8, 4) is 0 Å². The zero-order chi connectivity index (χ0) is 17.6. The Bertz CT molecular complexity index is 784. The summed E-state index contributed by atoms with van der Waals surface area (Å²) in [5.74, 6) is 0. The molecule has 1 amide bonds. The van der Waals surface area contributed by atoms with Crippen LogP contribution in [0.2, 0.25) is 0 Å². The zero-order valence-electron chi connectivity index (χ0n) is 13.4. The molecule has 25 heavy (non-hydrogen) atoms. The molecule has 8 heteroatoms. The van der Waals surface area contributed by atoms with Gasteiger partial charge in [-0.25, -0.2) is 10.2 Å². The highest BCUT2D eigenvalue weighted by Crippen LogP contribution is 2.28. The maximum Gasteiger partial charge on any atom is 0.437 e. The van der Waals surface area contributed by atoms with E-state index in [1.165, 1.54) is 11.8 Å². The zero-order valence-corrected chi connectivity index (χ0v) is 15.0. The van der Waals surface area contributed by atoms with Crippen LogP contribution in [0.4, 0.5) is 10.5 Å². The molecule has 0 bridgehead atoms. The van der Waals surface area contributed by atoms with Gasteiger partial charge in [0.15, 0.2) is 4.32 Å². The number of carbonyl (C=O) groups excluding carboxylic acids is 1. The number of oxime groups is 1. The molecule has 1 atom stereocenters. The molecule has 0 radical (unpaired) electrons. The Morgan fingerprint density at radius 3 is 2.52 bits per heavy atom. The predicted octanol–water partition coefficient (Wildman–Crippen LogP) is 3.76. The number of thiocarbonyl (C=S) groups is 1. The van der Waals surface area contributed by atoms with Crippen molar-refractivity contribution in [2.45, 2.75) is 6.04 Å². The molecule has 0 spiro atoms. The molecule has 1 fully saturated rings. The Labute approximate surface area is 155 Å². The molecule has 0 aliphatic carbocycles. The van der Waals surface area contributed by atoms with Crippen LogP contribution < -0.4 is 10.7 Å². The second-order valence-electron chi connectivity index (χ2n) is 5.20. The van der Waals surface area contributed by atoms with Crippen molar-refractivity contribution in [1.82, 2.24) is 10.4 Å². The van der Waals surface area contributed by atoms with Gasteiger partial charge in [-0.1, -0.05) is 65.9 Å². The average molecular weight is 372 g/mol. The normalized spacial score (nSPS) is 18.9. The van der Waals surface area contributed by atoms with E-state index in [9.17, 15) is 4.79 Å². The number of anilines is 1. The Kier molecular flexibility index (Phi) is 5.64. The number of benzene rings is 2. The third-order valence-electron chi connectivity index (χ3n) is 3.41. The van der Waals surface area contributed by atoms with Gasteiger partial charge in [0.2, 0.25) is 0 Å². The number of rotatable bonds is 3. The molecule has 0 aromatic heterocycles. The molecule has 1 saturated heterocycles. The standard InChI is InChI=1S/C17H16N4O2S2/c1-21-17(24)25-15(14(19-21)12-8-4-2-5-9-12)20-23-16(22)18-13-10-6-3-7-11-13/h2-11,14,19H,1H3,(H,18,22). The summed E-state index contributed by atoms with van der Waals surface area (Å²) in [5.41, 5.74) is 4.87. The molecule has 6 nitrogen and oxygen atoms in total. The van der Waals surface area contributed by atoms with E-state index < -0.39 is 6.09 Å². The number of carbonyl (C=O) groups is 1. The molecule has 1 unspecified atom stereocenters. The largest absolute Gasteiger partial charge is 0.437 e. The van der Waals surface area contributed by atoms with Crippen LogP contribution in [0.1, 0.15) is 11.6 Å². The minimum atomic E-state index is -0.657. The summed E-state index contributed by atoms with van der Waals surface area (Å²) in [6.07, 6.45) is -0.657. The Morgan fingerprint density at radius 1 is 1.20 bits per heavy atom. The number of hydrogen-bond acceptors (Lipinski definition) is 6. The molecular weight excluding hydrogens is 356 g/mol. The summed E-state index contributed by atoms with van der Waals surface area (Å²) in [6, 6.07) is 18.6. The lowest BCUT2D eigenvalue weighted by Crippen LogP contribution is -2.47. The van der Waals surface area contributed by atoms with E-state index >= 15 is 0 Å². The molecule has 2 N–H and O–H groups in total. The SMILES string of the molecule is CN1NC(c2ccccc2)C(=NOC(=O)Nc2ccccc2)SC1=S. The van der Waals surface area contributed by atoms with Gasteiger partial charge in [-0.2, -0.15) is 0 Å². The minimum Gasteiger partial charge on any atom is -0.297 e. The lowest BCUT2D eigenvalue weighted by Gasteiger charge is -2.33. The molecule has 128 valence electrons. The number of hydrazine groups is 1. The second kappa shape index (κ2) is 8.11. The fourth-order valence-electron chi connectivity index (χ4n) is 2.20. The quantitative estimate of drug-likeness (QED) is 0.486. The predicted molar refractivity (Wildman–Crippen MR) is 104 cm³/mol. The number of amides is 1. The monoisotopic (exact) mass is 372 g/mol.